The molecule has 0 bridgehead atoms. The lowest BCUT2D eigenvalue weighted by atomic mass is 9.84. The second-order valence-corrected chi connectivity index (χ2v) is 7.31. The average molecular weight is 353 g/mol. The Morgan fingerprint density at radius 2 is 2.04 bits per heavy atom. The Balaban J connectivity index is 1.89. The van der Waals surface area contributed by atoms with Gasteiger partial charge in [0.15, 0.2) is 0 Å². The fraction of sp³-hybridized carbons (Fsp3) is 0.350. The summed E-state index contributed by atoms with van der Waals surface area (Å²) in [7, 11) is 1.60. The van der Waals surface area contributed by atoms with Crippen molar-refractivity contribution in [1.29, 1.82) is 0 Å². The van der Waals surface area contributed by atoms with E-state index in [1.54, 1.807) is 14.0 Å². The van der Waals surface area contributed by atoms with E-state index in [4.69, 9.17) is 4.42 Å². The summed E-state index contributed by atoms with van der Waals surface area (Å²) in [5.41, 5.74) is 2.22. The molecule has 3 rings (SSSR count). The van der Waals surface area contributed by atoms with Crippen LogP contribution in [0.15, 0.2) is 39.8 Å². The average Bonchev–Trinajstić information content (AvgIpc) is 2.93. The molecular weight excluding hydrogens is 330 g/mol. The Morgan fingerprint density at radius 1 is 1.31 bits per heavy atom. The number of carbonyl (C=O) groups excluding carboxylic acids is 1. The van der Waals surface area contributed by atoms with Gasteiger partial charge in [-0.25, -0.2) is 4.98 Å². The van der Waals surface area contributed by atoms with Gasteiger partial charge in [0.2, 0.25) is 5.71 Å². The predicted molar refractivity (Wildman–Crippen MR) is 101 cm³/mol. The highest BCUT2D eigenvalue weighted by atomic mass is 16.3. The molecule has 3 aromatic rings. The van der Waals surface area contributed by atoms with Crippen LogP contribution in [0.3, 0.4) is 0 Å². The van der Waals surface area contributed by atoms with Crippen LogP contribution < -0.4 is 10.9 Å². The Labute approximate surface area is 151 Å². The van der Waals surface area contributed by atoms with Crippen LogP contribution in [0, 0.1) is 13.8 Å². The molecule has 136 valence electrons. The third kappa shape index (κ3) is 3.14. The van der Waals surface area contributed by atoms with Gasteiger partial charge < -0.3 is 14.3 Å². The number of hydrogen-bond donors (Lipinski definition) is 1. The van der Waals surface area contributed by atoms with E-state index in [1.807, 2.05) is 19.1 Å². The van der Waals surface area contributed by atoms with Gasteiger partial charge in [0.1, 0.15) is 17.5 Å². The molecule has 26 heavy (non-hydrogen) atoms. The van der Waals surface area contributed by atoms with Gasteiger partial charge >= 0.3 is 0 Å². The largest absolute Gasteiger partial charge is 0.442 e. The minimum atomic E-state index is -0.327. The molecule has 1 N–H and O–H groups in total. The molecule has 0 saturated carbocycles. The molecule has 0 saturated heterocycles. The lowest BCUT2D eigenvalue weighted by molar-refractivity contribution is 0.0945. The number of carbonyl (C=O) groups is 1. The molecule has 1 amide bonds. The standard InChI is InChI=1S/C20H23N3O3/c1-12-7-6-8-14(9-12)20(3,4)10-21-17(24)15-13(2)26-18-16(15)19(25)23(5)11-22-18/h6-9,11H,10H2,1-5H3,(H,21,24). The number of nitrogens with one attached hydrogen (secondary N) is 1. The van der Waals surface area contributed by atoms with Crippen LogP contribution in [-0.2, 0) is 12.5 Å². The molecule has 0 unspecified atom stereocenters. The first-order valence-electron chi connectivity index (χ1n) is 8.51. The highest BCUT2D eigenvalue weighted by molar-refractivity contribution is 6.06. The van der Waals surface area contributed by atoms with E-state index in [0.717, 1.165) is 5.56 Å². The Bertz CT molecular complexity index is 1040. The minimum Gasteiger partial charge on any atom is -0.442 e. The quantitative estimate of drug-likeness (QED) is 0.782. The Morgan fingerprint density at radius 3 is 2.73 bits per heavy atom. The maximum atomic E-state index is 12.8. The van der Waals surface area contributed by atoms with Gasteiger partial charge in [-0.1, -0.05) is 43.7 Å². The molecule has 0 aliphatic carbocycles. The van der Waals surface area contributed by atoms with Crippen LogP contribution in [0.1, 0.15) is 41.1 Å². The Kier molecular flexibility index (Phi) is 4.44. The summed E-state index contributed by atoms with van der Waals surface area (Å²) >= 11 is 0. The highest BCUT2D eigenvalue weighted by Gasteiger charge is 2.26. The number of aryl methyl sites for hydroxylation is 3. The second kappa shape index (κ2) is 6.44. The molecule has 2 aromatic heterocycles. The number of fused-ring (bicyclic) bond motifs is 1. The number of aromatic nitrogens is 2. The highest BCUT2D eigenvalue weighted by Crippen LogP contribution is 2.24. The first-order chi connectivity index (χ1) is 12.2. The summed E-state index contributed by atoms with van der Waals surface area (Å²) in [4.78, 5) is 29.3. The maximum absolute atomic E-state index is 12.8. The van der Waals surface area contributed by atoms with Crippen LogP contribution in [-0.4, -0.2) is 22.0 Å². The molecule has 0 fully saturated rings. The van der Waals surface area contributed by atoms with E-state index >= 15 is 0 Å². The summed E-state index contributed by atoms with van der Waals surface area (Å²) in [5.74, 6) is 0.0636. The van der Waals surface area contributed by atoms with Crippen molar-refractivity contribution >= 4 is 17.0 Å². The van der Waals surface area contributed by atoms with Gasteiger partial charge in [0, 0.05) is 19.0 Å². The van der Waals surface area contributed by atoms with Crippen molar-refractivity contribution in [3.63, 3.8) is 0 Å². The van der Waals surface area contributed by atoms with E-state index in [-0.39, 0.29) is 33.5 Å². The van der Waals surface area contributed by atoms with E-state index in [0.29, 0.717) is 12.3 Å². The molecule has 6 nitrogen and oxygen atoms in total. The van der Waals surface area contributed by atoms with Gasteiger partial charge in [-0.15, -0.1) is 0 Å². The smallest absolute Gasteiger partial charge is 0.265 e. The van der Waals surface area contributed by atoms with Crippen LogP contribution in [0.4, 0.5) is 0 Å². The van der Waals surface area contributed by atoms with Gasteiger partial charge in [-0.3, -0.25) is 9.59 Å². The lowest BCUT2D eigenvalue weighted by Crippen LogP contribution is -2.37. The maximum Gasteiger partial charge on any atom is 0.265 e. The van der Waals surface area contributed by atoms with Crippen molar-refractivity contribution in [2.45, 2.75) is 33.1 Å². The zero-order valence-corrected chi connectivity index (χ0v) is 15.7. The fourth-order valence-corrected chi connectivity index (χ4v) is 3.02. The summed E-state index contributed by atoms with van der Waals surface area (Å²) in [6.07, 6.45) is 1.39. The number of amides is 1. The van der Waals surface area contributed by atoms with Crippen molar-refractivity contribution in [3.8, 4) is 0 Å². The van der Waals surface area contributed by atoms with E-state index in [1.165, 1.54) is 16.5 Å². The second-order valence-electron chi connectivity index (χ2n) is 7.31. The first-order valence-corrected chi connectivity index (χ1v) is 8.51. The van der Waals surface area contributed by atoms with Gasteiger partial charge in [0.05, 0.1) is 5.56 Å². The zero-order valence-electron chi connectivity index (χ0n) is 15.7. The first kappa shape index (κ1) is 17.9. The summed E-state index contributed by atoms with van der Waals surface area (Å²) in [5, 5.41) is 3.17. The van der Waals surface area contributed by atoms with Gasteiger partial charge in [-0.2, -0.15) is 0 Å². The van der Waals surface area contributed by atoms with Crippen molar-refractivity contribution in [3.05, 3.63) is 63.4 Å². The molecule has 0 atom stereocenters. The van der Waals surface area contributed by atoms with Gasteiger partial charge in [0.25, 0.3) is 11.5 Å². The normalized spacial score (nSPS) is 11.7. The number of benzene rings is 1. The summed E-state index contributed by atoms with van der Waals surface area (Å²) in [6.45, 7) is 8.29. The minimum absolute atomic E-state index is 0.189. The zero-order chi connectivity index (χ0) is 19.1. The predicted octanol–water partition coefficient (Wildman–Crippen LogP) is 2.85. The lowest BCUT2D eigenvalue weighted by Gasteiger charge is -2.26. The van der Waals surface area contributed by atoms with Crippen molar-refractivity contribution in [1.82, 2.24) is 14.9 Å². The molecule has 1 aromatic carbocycles. The molecule has 2 heterocycles. The van der Waals surface area contributed by atoms with Crippen LogP contribution in [0.2, 0.25) is 0 Å². The number of furan rings is 1. The van der Waals surface area contributed by atoms with Crippen LogP contribution in [0.5, 0.6) is 0 Å². The van der Waals surface area contributed by atoms with Crippen molar-refractivity contribution in [2.75, 3.05) is 6.54 Å². The summed E-state index contributed by atoms with van der Waals surface area (Å²) < 4.78 is 6.84. The molecule has 0 radical (unpaired) electrons. The van der Waals surface area contributed by atoms with Crippen LogP contribution >= 0.6 is 0 Å². The number of nitrogens with zero attached hydrogens (tertiary/aromatic N) is 2. The van der Waals surface area contributed by atoms with E-state index in [9.17, 15) is 9.59 Å². The van der Waals surface area contributed by atoms with Crippen LogP contribution in [0.25, 0.3) is 11.1 Å². The molecule has 6 heteroatoms. The fourth-order valence-electron chi connectivity index (χ4n) is 3.02. The van der Waals surface area contributed by atoms with E-state index < -0.39 is 0 Å². The SMILES string of the molecule is Cc1cccc(C(C)(C)CNC(=O)c2c(C)oc3ncn(C)c(=O)c23)c1. The molecule has 0 aliphatic rings. The monoisotopic (exact) mass is 353 g/mol. The topological polar surface area (TPSA) is 77.1 Å². The summed E-state index contributed by atoms with van der Waals surface area (Å²) in [6, 6.07) is 8.22. The van der Waals surface area contributed by atoms with E-state index in [2.05, 4.69) is 36.3 Å². The van der Waals surface area contributed by atoms with Crippen molar-refractivity contribution < 1.29 is 9.21 Å². The third-order valence-electron chi connectivity index (χ3n) is 4.67. The van der Waals surface area contributed by atoms with Crippen molar-refractivity contribution in [2.24, 2.45) is 7.05 Å². The van der Waals surface area contributed by atoms with Gasteiger partial charge in [-0.05, 0) is 19.4 Å². The molecule has 0 spiro atoms. The molecule has 0 aliphatic heterocycles. The molecular formula is C20H23N3O3. The Hall–Kier alpha value is -2.89. The third-order valence-corrected chi connectivity index (χ3v) is 4.67. The number of rotatable bonds is 4. The number of hydrogen-bond acceptors (Lipinski definition) is 4.